The van der Waals surface area contributed by atoms with Crippen molar-refractivity contribution in [2.45, 2.75) is 43.6 Å². The highest BCUT2D eigenvalue weighted by Gasteiger charge is 2.47. The number of fused-ring (bicyclic) bond motifs is 1. The van der Waals surface area contributed by atoms with Crippen molar-refractivity contribution >= 4 is 11.8 Å². The molecule has 2 nitrogen and oxygen atoms in total. The summed E-state index contributed by atoms with van der Waals surface area (Å²) in [4.78, 5) is 0. The molecule has 2 aliphatic heterocycles. The van der Waals surface area contributed by atoms with Gasteiger partial charge in [-0.1, -0.05) is 17.7 Å². The Bertz CT molecular complexity index is 448. The summed E-state index contributed by atoms with van der Waals surface area (Å²) >= 11 is 2.00. The Balaban J connectivity index is 2.01. The van der Waals surface area contributed by atoms with Crippen LogP contribution in [0.25, 0.3) is 0 Å². The van der Waals surface area contributed by atoms with Gasteiger partial charge in [-0.25, -0.2) is 0 Å². The maximum Gasteiger partial charge on any atom is 0.124 e. The first-order chi connectivity index (χ1) is 8.11. The van der Waals surface area contributed by atoms with E-state index in [4.69, 9.17) is 10.5 Å². The molecule has 2 unspecified atom stereocenters. The molecule has 0 bridgehead atoms. The minimum Gasteiger partial charge on any atom is -0.486 e. The van der Waals surface area contributed by atoms with E-state index in [9.17, 15) is 0 Å². The van der Waals surface area contributed by atoms with E-state index >= 15 is 0 Å². The summed E-state index contributed by atoms with van der Waals surface area (Å²) in [6, 6.07) is 6.48. The van der Waals surface area contributed by atoms with Gasteiger partial charge in [0.2, 0.25) is 0 Å². The van der Waals surface area contributed by atoms with Gasteiger partial charge in [0.15, 0.2) is 0 Å². The van der Waals surface area contributed by atoms with Crippen LogP contribution in [0.15, 0.2) is 18.2 Å². The predicted molar refractivity (Wildman–Crippen MR) is 72.6 cm³/mol. The first-order valence-corrected chi connectivity index (χ1v) is 7.32. The van der Waals surface area contributed by atoms with Crippen LogP contribution in [0.3, 0.4) is 0 Å². The molecule has 2 aliphatic rings. The number of hydrogen-bond acceptors (Lipinski definition) is 3. The molecule has 2 heterocycles. The Kier molecular flexibility index (Phi) is 2.64. The molecule has 3 atom stereocenters. The van der Waals surface area contributed by atoms with Crippen LogP contribution >= 0.6 is 11.8 Å². The van der Waals surface area contributed by atoms with Crippen molar-refractivity contribution in [1.29, 1.82) is 0 Å². The zero-order valence-corrected chi connectivity index (χ0v) is 11.2. The largest absolute Gasteiger partial charge is 0.486 e. The second-order valence-electron chi connectivity index (χ2n) is 5.28. The van der Waals surface area contributed by atoms with Gasteiger partial charge in [0, 0.05) is 23.3 Å². The van der Waals surface area contributed by atoms with Crippen LogP contribution in [0, 0.1) is 6.92 Å². The molecule has 1 spiro atoms. The Morgan fingerprint density at radius 3 is 3.00 bits per heavy atom. The van der Waals surface area contributed by atoms with Crippen LogP contribution in [0.2, 0.25) is 0 Å². The van der Waals surface area contributed by atoms with Crippen LogP contribution in [0.4, 0.5) is 0 Å². The molecule has 0 saturated carbocycles. The monoisotopic (exact) mass is 249 g/mol. The van der Waals surface area contributed by atoms with E-state index in [1.54, 1.807) is 0 Å². The van der Waals surface area contributed by atoms with Gasteiger partial charge < -0.3 is 10.5 Å². The molecular formula is C14H19NOS. The molecule has 1 aromatic carbocycles. The van der Waals surface area contributed by atoms with Gasteiger partial charge in [-0.15, -0.1) is 0 Å². The lowest BCUT2D eigenvalue weighted by molar-refractivity contribution is 0.0410. The average Bonchev–Trinajstić information content (AvgIpc) is 2.62. The number of benzene rings is 1. The second kappa shape index (κ2) is 3.92. The van der Waals surface area contributed by atoms with Crippen molar-refractivity contribution in [2.24, 2.45) is 5.73 Å². The SMILES string of the molecule is Cc1ccc2c(c1)[C@H](N)CC1(CCSC1C)O2. The van der Waals surface area contributed by atoms with Gasteiger partial charge in [0.05, 0.1) is 0 Å². The van der Waals surface area contributed by atoms with Gasteiger partial charge in [-0.2, -0.15) is 11.8 Å². The van der Waals surface area contributed by atoms with Crippen LogP contribution in [0.1, 0.15) is 36.9 Å². The predicted octanol–water partition coefficient (Wildman–Crippen LogP) is 3.04. The molecule has 0 radical (unpaired) electrons. The molecule has 17 heavy (non-hydrogen) atoms. The highest BCUT2D eigenvalue weighted by molar-refractivity contribution is 8.00. The molecule has 0 aromatic heterocycles. The number of ether oxygens (including phenoxy) is 1. The van der Waals surface area contributed by atoms with Gasteiger partial charge in [-0.05, 0) is 32.1 Å². The Labute approximate surface area is 107 Å². The standard InChI is InChI=1S/C14H19NOS/c1-9-3-4-13-11(7-9)12(15)8-14(16-13)5-6-17-10(14)2/h3-4,7,10,12H,5-6,8,15H2,1-2H3/t10?,12-,14?/m1/s1. The minimum atomic E-state index is -0.0215. The first-order valence-electron chi connectivity index (χ1n) is 6.27. The normalized spacial score (nSPS) is 35.7. The lowest BCUT2D eigenvalue weighted by atomic mass is 9.83. The molecule has 0 amide bonds. The third-order valence-corrected chi connectivity index (χ3v) is 5.45. The molecule has 1 saturated heterocycles. The highest BCUT2D eigenvalue weighted by Crippen LogP contribution is 2.48. The number of nitrogens with two attached hydrogens (primary N) is 1. The summed E-state index contributed by atoms with van der Waals surface area (Å²) in [5, 5.41) is 0.544. The Hall–Kier alpha value is -0.670. The van der Waals surface area contributed by atoms with Gasteiger partial charge >= 0.3 is 0 Å². The Morgan fingerprint density at radius 1 is 1.47 bits per heavy atom. The highest BCUT2D eigenvalue weighted by atomic mass is 32.2. The van der Waals surface area contributed by atoms with E-state index in [2.05, 4.69) is 32.0 Å². The number of thioether (sulfide) groups is 1. The van der Waals surface area contributed by atoms with Gasteiger partial charge in [0.25, 0.3) is 0 Å². The van der Waals surface area contributed by atoms with Crippen LogP contribution in [-0.2, 0) is 0 Å². The topological polar surface area (TPSA) is 35.2 Å². The summed E-state index contributed by atoms with van der Waals surface area (Å²) < 4.78 is 6.32. The minimum absolute atomic E-state index is 0.0215. The van der Waals surface area contributed by atoms with Crippen LogP contribution < -0.4 is 10.5 Å². The number of rotatable bonds is 0. The third-order valence-electron chi connectivity index (χ3n) is 4.08. The molecule has 3 rings (SSSR count). The Morgan fingerprint density at radius 2 is 2.29 bits per heavy atom. The summed E-state index contributed by atoms with van der Waals surface area (Å²) in [5.74, 6) is 2.19. The van der Waals surface area contributed by atoms with E-state index in [-0.39, 0.29) is 11.6 Å². The van der Waals surface area contributed by atoms with E-state index < -0.39 is 0 Å². The van der Waals surface area contributed by atoms with E-state index in [0.717, 1.165) is 18.6 Å². The van der Waals surface area contributed by atoms with E-state index in [0.29, 0.717) is 5.25 Å². The molecule has 2 N–H and O–H groups in total. The van der Waals surface area contributed by atoms with Crippen molar-refractivity contribution in [2.75, 3.05) is 5.75 Å². The zero-order chi connectivity index (χ0) is 12.0. The van der Waals surface area contributed by atoms with Gasteiger partial charge in [0.1, 0.15) is 11.4 Å². The second-order valence-corrected chi connectivity index (χ2v) is 6.73. The van der Waals surface area contributed by atoms with Gasteiger partial charge in [-0.3, -0.25) is 0 Å². The first kappa shape index (κ1) is 11.4. The molecule has 3 heteroatoms. The molecule has 1 fully saturated rings. The van der Waals surface area contributed by atoms with E-state index in [1.807, 2.05) is 11.8 Å². The maximum atomic E-state index is 6.34. The smallest absolute Gasteiger partial charge is 0.124 e. The average molecular weight is 249 g/mol. The lowest BCUT2D eigenvalue weighted by Crippen LogP contribution is -2.47. The fraction of sp³-hybridized carbons (Fsp3) is 0.571. The zero-order valence-electron chi connectivity index (χ0n) is 10.4. The fourth-order valence-electron chi connectivity index (χ4n) is 2.96. The summed E-state index contributed by atoms with van der Waals surface area (Å²) in [7, 11) is 0. The lowest BCUT2D eigenvalue weighted by Gasteiger charge is -2.41. The van der Waals surface area contributed by atoms with Crippen molar-refractivity contribution in [3.8, 4) is 5.75 Å². The summed E-state index contributed by atoms with van der Waals surface area (Å²) in [6.07, 6.45) is 2.08. The third kappa shape index (κ3) is 1.76. The molecule has 92 valence electrons. The van der Waals surface area contributed by atoms with Crippen molar-refractivity contribution in [1.82, 2.24) is 0 Å². The van der Waals surface area contributed by atoms with Crippen molar-refractivity contribution < 1.29 is 4.74 Å². The summed E-state index contributed by atoms with van der Waals surface area (Å²) in [5.41, 5.74) is 8.76. The summed E-state index contributed by atoms with van der Waals surface area (Å²) in [6.45, 7) is 4.37. The quantitative estimate of drug-likeness (QED) is 0.767. The maximum absolute atomic E-state index is 6.34. The number of aryl methyl sites for hydroxylation is 1. The van der Waals surface area contributed by atoms with Crippen molar-refractivity contribution in [3.63, 3.8) is 0 Å². The van der Waals surface area contributed by atoms with Crippen molar-refractivity contribution in [3.05, 3.63) is 29.3 Å². The molecule has 1 aromatic rings. The molecular weight excluding hydrogens is 230 g/mol. The fourth-order valence-corrected chi connectivity index (χ4v) is 4.34. The van der Waals surface area contributed by atoms with Crippen LogP contribution in [0.5, 0.6) is 5.75 Å². The number of hydrogen-bond donors (Lipinski definition) is 1. The molecule has 0 aliphatic carbocycles. The van der Waals surface area contributed by atoms with Crippen LogP contribution in [-0.4, -0.2) is 16.6 Å². The van der Waals surface area contributed by atoms with E-state index in [1.165, 1.54) is 16.9 Å².